The minimum atomic E-state index is -1.15. The van der Waals surface area contributed by atoms with Crippen molar-refractivity contribution in [3.05, 3.63) is 34.8 Å². The molecule has 5 nitrogen and oxygen atoms in total. The summed E-state index contributed by atoms with van der Waals surface area (Å²) >= 11 is 3.26. The van der Waals surface area contributed by atoms with Crippen molar-refractivity contribution in [1.29, 1.82) is 0 Å². The van der Waals surface area contributed by atoms with E-state index < -0.39 is 17.7 Å². The summed E-state index contributed by atoms with van der Waals surface area (Å²) in [7, 11) is 0. The van der Waals surface area contributed by atoms with Gasteiger partial charge in [-0.3, -0.25) is 5.32 Å². The van der Waals surface area contributed by atoms with Crippen molar-refractivity contribution < 1.29 is 19.4 Å². The van der Waals surface area contributed by atoms with Crippen LogP contribution in [0.1, 0.15) is 26.3 Å². The van der Waals surface area contributed by atoms with Crippen molar-refractivity contribution in [2.75, 3.05) is 5.32 Å². The number of amides is 1. The molecule has 1 aromatic rings. The Morgan fingerprint density at radius 3 is 2.45 bits per heavy atom. The lowest BCUT2D eigenvalue weighted by atomic mass is 10.1. The van der Waals surface area contributed by atoms with E-state index in [0.717, 1.165) is 0 Å². The molecule has 2 N–H and O–H groups in total. The van der Waals surface area contributed by atoms with Gasteiger partial charge in [0.1, 0.15) is 5.60 Å². The van der Waals surface area contributed by atoms with Crippen molar-refractivity contribution in [2.24, 2.45) is 0 Å². The zero-order valence-corrected chi connectivity index (χ0v) is 13.1. The first-order valence-electron chi connectivity index (χ1n) is 5.82. The number of hydrogen-bond acceptors (Lipinski definition) is 3. The number of anilines is 1. The predicted molar refractivity (Wildman–Crippen MR) is 80.7 cm³/mol. The highest BCUT2D eigenvalue weighted by Crippen LogP contribution is 2.27. The number of benzene rings is 1. The highest BCUT2D eigenvalue weighted by molar-refractivity contribution is 9.10. The van der Waals surface area contributed by atoms with Crippen LogP contribution in [0.2, 0.25) is 0 Å². The lowest BCUT2D eigenvalue weighted by molar-refractivity contribution is -0.130. The lowest BCUT2D eigenvalue weighted by Gasteiger charge is -2.20. The van der Waals surface area contributed by atoms with Crippen molar-refractivity contribution in [1.82, 2.24) is 0 Å². The average molecular weight is 342 g/mol. The number of carbonyl (C=O) groups is 2. The highest BCUT2D eigenvalue weighted by atomic mass is 79.9. The molecule has 1 rings (SSSR count). The molecule has 0 spiro atoms. The topological polar surface area (TPSA) is 75.6 Å². The Bertz CT molecular complexity index is 561. The van der Waals surface area contributed by atoms with E-state index >= 15 is 0 Å². The van der Waals surface area contributed by atoms with E-state index in [9.17, 15) is 9.59 Å². The van der Waals surface area contributed by atoms with E-state index in [1.54, 1.807) is 39.0 Å². The number of carboxylic acids is 1. The Morgan fingerprint density at radius 1 is 1.35 bits per heavy atom. The van der Waals surface area contributed by atoms with Gasteiger partial charge in [-0.15, -0.1) is 0 Å². The molecular weight excluding hydrogens is 326 g/mol. The second kappa shape index (κ2) is 6.09. The SMILES string of the molecule is C=C(C(=O)O)c1ccc(Br)cc1NC(=O)OC(C)(C)C. The van der Waals surface area contributed by atoms with Gasteiger partial charge in [-0.1, -0.05) is 28.6 Å². The molecule has 0 saturated carbocycles. The first kappa shape index (κ1) is 16.2. The Labute approximate surface area is 125 Å². The van der Waals surface area contributed by atoms with Gasteiger partial charge in [0.05, 0.1) is 11.3 Å². The Kier molecular flexibility index (Phi) is 4.94. The fraction of sp³-hybridized carbons (Fsp3) is 0.286. The molecule has 0 saturated heterocycles. The van der Waals surface area contributed by atoms with Crippen molar-refractivity contribution in [3.8, 4) is 0 Å². The van der Waals surface area contributed by atoms with Gasteiger partial charge < -0.3 is 9.84 Å². The summed E-state index contributed by atoms with van der Waals surface area (Å²) in [6.45, 7) is 8.71. The van der Waals surface area contributed by atoms with Crippen LogP contribution in [0.25, 0.3) is 5.57 Å². The molecule has 0 aliphatic carbocycles. The van der Waals surface area contributed by atoms with Crippen molar-refractivity contribution >= 4 is 39.3 Å². The standard InChI is InChI=1S/C14H16BrNO4/c1-8(12(17)18)10-6-5-9(15)7-11(10)16-13(19)20-14(2,3)4/h5-7H,1H2,2-4H3,(H,16,19)(H,17,18). The maximum Gasteiger partial charge on any atom is 0.412 e. The van der Waals surface area contributed by atoms with Gasteiger partial charge in [-0.05, 0) is 32.9 Å². The fourth-order valence-corrected chi connectivity index (χ4v) is 1.77. The van der Waals surface area contributed by atoms with Crippen LogP contribution in [0.4, 0.5) is 10.5 Å². The van der Waals surface area contributed by atoms with Crippen LogP contribution in [0, 0.1) is 0 Å². The summed E-state index contributed by atoms with van der Waals surface area (Å²) in [4.78, 5) is 22.8. The molecule has 6 heteroatoms. The largest absolute Gasteiger partial charge is 0.478 e. The monoisotopic (exact) mass is 341 g/mol. The van der Waals surface area contributed by atoms with E-state index in [1.165, 1.54) is 0 Å². The second-order valence-corrected chi connectivity index (χ2v) is 6.02. The molecule has 108 valence electrons. The van der Waals surface area contributed by atoms with Gasteiger partial charge in [0.25, 0.3) is 0 Å². The predicted octanol–water partition coefficient (Wildman–Crippen LogP) is 3.89. The van der Waals surface area contributed by atoms with E-state index in [0.29, 0.717) is 15.7 Å². The quantitative estimate of drug-likeness (QED) is 0.817. The maximum atomic E-state index is 11.8. The van der Waals surface area contributed by atoms with Gasteiger partial charge in [-0.25, -0.2) is 9.59 Å². The van der Waals surface area contributed by atoms with Crippen LogP contribution < -0.4 is 5.32 Å². The number of halogens is 1. The molecular formula is C14H16BrNO4. The first-order chi connectivity index (χ1) is 9.10. The molecule has 20 heavy (non-hydrogen) atoms. The van der Waals surface area contributed by atoms with Crippen LogP contribution in [0.3, 0.4) is 0 Å². The van der Waals surface area contributed by atoms with Crippen molar-refractivity contribution in [3.63, 3.8) is 0 Å². The number of nitrogens with one attached hydrogen (secondary N) is 1. The Hall–Kier alpha value is -1.82. The fourth-order valence-electron chi connectivity index (χ4n) is 1.41. The molecule has 0 aliphatic heterocycles. The van der Waals surface area contributed by atoms with E-state index in [4.69, 9.17) is 9.84 Å². The molecule has 0 fully saturated rings. The molecule has 0 aliphatic rings. The van der Waals surface area contributed by atoms with Crippen LogP contribution in [-0.4, -0.2) is 22.8 Å². The number of carbonyl (C=O) groups excluding carboxylic acids is 1. The molecule has 0 atom stereocenters. The Balaban J connectivity index is 3.05. The number of hydrogen-bond donors (Lipinski definition) is 2. The third-order valence-corrected chi connectivity index (χ3v) is 2.69. The normalized spacial score (nSPS) is 10.8. The highest BCUT2D eigenvalue weighted by Gasteiger charge is 2.19. The van der Waals surface area contributed by atoms with Crippen molar-refractivity contribution in [2.45, 2.75) is 26.4 Å². The van der Waals surface area contributed by atoms with Crippen LogP contribution in [-0.2, 0) is 9.53 Å². The van der Waals surface area contributed by atoms with Crippen LogP contribution in [0.5, 0.6) is 0 Å². The van der Waals surface area contributed by atoms with Crippen LogP contribution >= 0.6 is 15.9 Å². The molecule has 0 bridgehead atoms. The van der Waals surface area contributed by atoms with Gasteiger partial charge >= 0.3 is 12.1 Å². The number of rotatable bonds is 3. The minimum absolute atomic E-state index is 0.108. The summed E-state index contributed by atoms with van der Waals surface area (Å²) in [6.07, 6.45) is -0.657. The van der Waals surface area contributed by atoms with Crippen LogP contribution in [0.15, 0.2) is 29.3 Å². The number of ether oxygens (including phenoxy) is 1. The maximum absolute atomic E-state index is 11.8. The Morgan fingerprint density at radius 2 is 1.95 bits per heavy atom. The third-order valence-electron chi connectivity index (χ3n) is 2.20. The molecule has 1 amide bonds. The van der Waals surface area contributed by atoms with E-state index in [1.807, 2.05) is 0 Å². The zero-order chi connectivity index (χ0) is 15.5. The first-order valence-corrected chi connectivity index (χ1v) is 6.61. The van der Waals surface area contributed by atoms with E-state index in [-0.39, 0.29) is 5.57 Å². The molecule has 1 aromatic carbocycles. The zero-order valence-electron chi connectivity index (χ0n) is 11.5. The smallest absolute Gasteiger partial charge is 0.412 e. The third kappa shape index (κ3) is 4.70. The average Bonchev–Trinajstić information content (AvgIpc) is 2.25. The van der Waals surface area contributed by atoms with Gasteiger partial charge in [0, 0.05) is 10.0 Å². The molecule has 0 heterocycles. The summed E-state index contributed by atoms with van der Waals surface area (Å²) < 4.78 is 5.83. The molecule has 0 radical (unpaired) electrons. The van der Waals surface area contributed by atoms with Gasteiger partial charge in [0.2, 0.25) is 0 Å². The van der Waals surface area contributed by atoms with Gasteiger partial charge in [0.15, 0.2) is 0 Å². The molecule has 0 aromatic heterocycles. The summed E-state index contributed by atoms with van der Waals surface area (Å²) in [5.74, 6) is -1.15. The second-order valence-electron chi connectivity index (χ2n) is 5.10. The molecule has 0 unspecified atom stereocenters. The number of aliphatic carboxylic acids is 1. The van der Waals surface area contributed by atoms with E-state index in [2.05, 4.69) is 27.8 Å². The number of carboxylic acid groups (broad SMARTS) is 1. The summed E-state index contributed by atoms with van der Waals surface area (Å²) in [6, 6.07) is 4.82. The summed E-state index contributed by atoms with van der Waals surface area (Å²) in [5.41, 5.74) is -0.101. The van der Waals surface area contributed by atoms with Gasteiger partial charge in [-0.2, -0.15) is 0 Å². The lowest BCUT2D eigenvalue weighted by Crippen LogP contribution is -2.27. The summed E-state index contributed by atoms with van der Waals surface area (Å²) in [5, 5.41) is 11.5. The minimum Gasteiger partial charge on any atom is -0.478 e.